The molecule has 8 heteroatoms. The Morgan fingerprint density at radius 2 is 1.31 bits per heavy atom. The summed E-state index contributed by atoms with van der Waals surface area (Å²) < 4.78 is 0. The molecule has 1 fully saturated rings. The van der Waals surface area contributed by atoms with Crippen molar-refractivity contribution in [3.8, 4) is 0 Å². The van der Waals surface area contributed by atoms with Gasteiger partial charge in [0.15, 0.2) is 0 Å². The highest BCUT2D eigenvalue weighted by atomic mass is 35.8. The van der Waals surface area contributed by atoms with Gasteiger partial charge in [-0.15, -0.1) is 66.5 Å². The Labute approximate surface area is 127 Å². The van der Waals surface area contributed by atoms with Gasteiger partial charge in [-0.1, -0.05) is 12.8 Å². The molecule has 0 unspecified atom stereocenters. The first-order chi connectivity index (χ1) is 7.18. The van der Waals surface area contributed by atoms with Gasteiger partial charge in [-0.05, 0) is 36.8 Å². The van der Waals surface area contributed by atoms with Gasteiger partial charge >= 0.3 is 12.0 Å². The Morgan fingerprint density at radius 1 is 0.812 bits per heavy atom. The standard InChI is InChI=1S/C8H14Cl6Si2/c9-15(10,11)6-5-7-1-3-8(4-2-7)16(12,13)14/h7-8H,1-6H2. The van der Waals surface area contributed by atoms with E-state index in [4.69, 9.17) is 66.5 Å². The lowest BCUT2D eigenvalue weighted by molar-refractivity contribution is 0.348. The SMILES string of the molecule is Cl[Si](Cl)(Cl)CCC1CCC([Si](Cl)(Cl)Cl)CC1. The first kappa shape index (κ1) is 16.2. The molecule has 0 bridgehead atoms. The maximum absolute atomic E-state index is 6.02. The van der Waals surface area contributed by atoms with Crippen LogP contribution in [0.2, 0.25) is 11.6 Å². The molecule has 0 spiro atoms. The van der Waals surface area contributed by atoms with E-state index < -0.39 is 12.0 Å². The molecule has 0 N–H and O–H groups in total. The van der Waals surface area contributed by atoms with Crippen LogP contribution in [-0.2, 0) is 0 Å². The topological polar surface area (TPSA) is 0 Å². The summed E-state index contributed by atoms with van der Waals surface area (Å²) in [5.41, 5.74) is 0.318. The van der Waals surface area contributed by atoms with E-state index in [1.165, 1.54) is 0 Å². The number of hydrogen-bond donors (Lipinski definition) is 0. The van der Waals surface area contributed by atoms with Gasteiger partial charge in [-0.3, -0.25) is 0 Å². The molecule has 0 nitrogen and oxygen atoms in total. The van der Waals surface area contributed by atoms with E-state index in [1.54, 1.807) is 0 Å². The van der Waals surface area contributed by atoms with Gasteiger partial charge in [0.05, 0.1) is 0 Å². The molecule has 0 radical (unpaired) electrons. The quantitative estimate of drug-likeness (QED) is 0.400. The molecule has 0 aromatic heterocycles. The summed E-state index contributed by atoms with van der Waals surface area (Å²) in [6.45, 7) is 0. The van der Waals surface area contributed by atoms with Crippen LogP contribution in [-0.4, -0.2) is 12.0 Å². The minimum absolute atomic E-state index is 0.318. The molecule has 0 aromatic rings. The first-order valence-corrected chi connectivity index (χ1v) is 15.7. The molecule has 0 heterocycles. The van der Waals surface area contributed by atoms with E-state index in [0.29, 0.717) is 11.5 Å². The predicted molar refractivity (Wildman–Crippen MR) is 81.8 cm³/mol. The van der Waals surface area contributed by atoms with Crippen LogP contribution in [0.4, 0.5) is 0 Å². The van der Waals surface area contributed by atoms with Crippen LogP contribution in [0.1, 0.15) is 32.1 Å². The third kappa shape index (κ3) is 6.37. The van der Waals surface area contributed by atoms with Crippen molar-refractivity contribution in [3.63, 3.8) is 0 Å². The Balaban J connectivity index is 2.28. The molecule has 1 aliphatic rings. The fourth-order valence-corrected chi connectivity index (χ4v) is 6.82. The summed E-state index contributed by atoms with van der Waals surface area (Å²) in [6, 6.07) is -4.20. The largest absolute Gasteiger partial charge is 0.344 e. The summed E-state index contributed by atoms with van der Waals surface area (Å²) in [7, 11) is 0. The van der Waals surface area contributed by atoms with Gasteiger partial charge in [0.25, 0.3) is 0 Å². The van der Waals surface area contributed by atoms with E-state index in [1.807, 2.05) is 0 Å². The van der Waals surface area contributed by atoms with E-state index in [9.17, 15) is 0 Å². The molecule has 0 atom stereocenters. The van der Waals surface area contributed by atoms with E-state index in [2.05, 4.69) is 0 Å². The molecule has 0 saturated heterocycles. The summed E-state index contributed by atoms with van der Waals surface area (Å²) in [4.78, 5) is 0. The van der Waals surface area contributed by atoms with Crippen molar-refractivity contribution in [1.82, 2.24) is 0 Å². The zero-order chi connectivity index (χ0) is 12.4. The van der Waals surface area contributed by atoms with Crippen molar-refractivity contribution in [3.05, 3.63) is 0 Å². The second kappa shape index (κ2) is 6.56. The van der Waals surface area contributed by atoms with Crippen LogP contribution in [0.25, 0.3) is 0 Å². The predicted octanol–water partition coefficient (Wildman–Crippen LogP) is 6.25. The van der Waals surface area contributed by atoms with Crippen LogP contribution in [0, 0.1) is 5.92 Å². The normalized spacial score (nSPS) is 28.1. The third-order valence-corrected chi connectivity index (χ3v) is 9.98. The maximum atomic E-state index is 6.02. The highest BCUT2D eigenvalue weighted by molar-refractivity contribution is 7.65. The number of halogens is 6. The van der Waals surface area contributed by atoms with Crippen molar-refractivity contribution in [2.24, 2.45) is 5.92 Å². The Bertz CT molecular complexity index is 216. The minimum Gasteiger partial charge on any atom is -0.126 e. The van der Waals surface area contributed by atoms with Gasteiger partial charge < -0.3 is 0 Å². The average Bonchev–Trinajstić information content (AvgIpc) is 2.13. The van der Waals surface area contributed by atoms with Crippen LogP contribution in [0.3, 0.4) is 0 Å². The zero-order valence-corrected chi connectivity index (χ0v) is 15.2. The first-order valence-electron chi connectivity index (χ1n) is 5.32. The smallest absolute Gasteiger partial charge is 0.126 e. The van der Waals surface area contributed by atoms with Gasteiger partial charge in [0, 0.05) is 0 Å². The second-order valence-electron chi connectivity index (χ2n) is 4.41. The van der Waals surface area contributed by atoms with Crippen molar-refractivity contribution in [2.75, 3.05) is 0 Å². The van der Waals surface area contributed by atoms with E-state index in [0.717, 1.165) is 38.1 Å². The zero-order valence-electron chi connectivity index (χ0n) is 8.67. The molecule has 1 saturated carbocycles. The molecule has 0 aromatic carbocycles. The summed E-state index contributed by atoms with van der Waals surface area (Å²) >= 11 is 35.7. The van der Waals surface area contributed by atoms with Gasteiger partial charge in [0.2, 0.25) is 0 Å². The Hall–Kier alpha value is 2.17. The molecule has 96 valence electrons. The molecule has 1 aliphatic carbocycles. The molecular formula is C8H14Cl6Si2. The lowest BCUT2D eigenvalue weighted by Gasteiger charge is -2.31. The summed E-state index contributed by atoms with van der Waals surface area (Å²) in [5.74, 6) is 0.653. The lowest BCUT2D eigenvalue weighted by atomic mass is 9.87. The van der Waals surface area contributed by atoms with Gasteiger partial charge in [-0.2, -0.15) is 0 Å². The van der Waals surface area contributed by atoms with Crippen molar-refractivity contribution < 1.29 is 0 Å². The lowest BCUT2D eigenvalue weighted by Crippen LogP contribution is -2.25. The maximum Gasteiger partial charge on any atom is 0.344 e. The van der Waals surface area contributed by atoms with Crippen LogP contribution >= 0.6 is 66.5 Å². The molecule has 0 amide bonds. The Kier molecular flexibility index (Phi) is 6.65. The highest BCUT2D eigenvalue weighted by Crippen LogP contribution is 2.46. The second-order valence-corrected chi connectivity index (χ2v) is 22.7. The third-order valence-electron chi connectivity index (χ3n) is 3.15. The fraction of sp³-hybridized carbons (Fsp3) is 1.00. The highest BCUT2D eigenvalue weighted by Gasteiger charge is 2.39. The molecular weight excluding hydrogens is 365 g/mol. The number of rotatable bonds is 4. The van der Waals surface area contributed by atoms with Gasteiger partial charge in [-0.25, -0.2) is 0 Å². The number of hydrogen-bond acceptors (Lipinski definition) is 0. The summed E-state index contributed by atoms with van der Waals surface area (Å²) in [5, 5.41) is 0. The van der Waals surface area contributed by atoms with Crippen molar-refractivity contribution in [1.29, 1.82) is 0 Å². The monoisotopic (exact) mass is 376 g/mol. The minimum atomic E-state index is -2.50. The summed E-state index contributed by atoms with van der Waals surface area (Å²) in [6.07, 6.45) is 5.28. The van der Waals surface area contributed by atoms with Gasteiger partial charge in [0.1, 0.15) is 0 Å². The van der Waals surface area contributed by atoms with E-state index in [-0.39, 0.29) is 0 Å². The van der Waals surface area contributed by atoms with Crippen molar-refractivity contribution >= 4 is 78.5 Å². The fourth-order valence-electron chi connectivity index (χ4n) is 2.15. The van der Waals surface area contributed by atoms with Crippen LogP contribution in [0.15, 0.2) is 0 Å². The van der Waals surface area contributed by atoms with E-state index >= 15 is 0 Å². The Morgan fingerprint density at radius 3 is 1.69 bits per heavy atom. The molecule has 1 rings (SSSR count). The average molecular weight is 379 g/mol. The van der Waals surface area contributed by atoms with Crippen molar-refractivity contribution in [2.45, 2.75) is 43.7 Å². The van der Waals surface area contributed by atoms with Crippen LogP contribution in [0.5, 0.6) is 0 Å². The molecule has 0 aliphatic heterocycles. The molecule has 16 heavy (non-hydrogen) atoms. The van der Waals surface area contributed by atoms with Crippen LogP contribution < -0.4 is 0 Å².